The Hall–Kier alpha value is -3.88. The number of benzene rings is 2. The Morgan fingerprint density at radius 2 is 1.91 bits per heavy atom. The van der Waals surface area contributed by atoms with Crippen molar-refractivity contribution in [2.45, 2.75) is 33.9 Å². The zero-order valence-corrected chi connectivity index (χ0v) is 19.6. The molecule has 1 heterocycles. The summed E-state index contributed by atoms with van der Waals surface area (Å²) in [6, 6.07) is 10.6. The third-order valence-corrected chi connectivity index (χ3v) is 5.28. The average molecular weight is 470 g/mol. The summed E-state index contributed by atoms with van der Waals surface area (Å²) in [5.41, 5.74) is 2.43. The highest BCUT2D eigenvalue weighted by molar-refractivity contribution is 5.92. The number of likely N-dealkylation sites (N-methyl/N-ethyl adjacent to an activating group) is 1. The summed E-state index contributed by atoms with van der Waals surface area (Å²) in [5.74, 6) is 0.00813. The molecule has 1 aromatic heterocycles. The minimum atomic E-state index is -0.675. The van der Waals surface area contributed by atoms with Crippen molar-refractivity contribution in [1.82, 2.24) is 10.1 Å². The minimum Gasteiger partial charge on any atom is -0.493 e. The molecule has 0 atom stereocenters. The molecule has 0 bridgehead atoms. The average Bonchev–Trinajstić information content (AvgIpc) is 3.16. The first kappa shape index (κ1) is 24.8. The van der Waals surface area contributed by atoms with Gasteiger partial charge in [-0.15, -0.1) is 0 Å². The minimum absolute atomic E-state index is 0.211. The van der Waals surface area contributed by atoms with Crippen molar-refractivity contribution in [2.75, 3.05) is 20.3 Å². The van der Waals surface area contributed by atoms with E-state index in [2.05, 4.69) is 5.16 Å². The number of nitrogens with zero attached hydrogens (tertiary/aromatic N) is 2. The Morgan fingerprint density at radius 3 is 2.56 bits per heavy atom. The number of halogens is 1. The van der Waals surface area contributed by atoms with Crippen LogP contribution in [0.4, 0.5) is 4.39 Å². The van der Waals surface area contributed by atoms with Crippen LogP contribution in [-0.4, -0.2) is 42.2 Å². The number of aromatic nitrogens is 1. The highest BCUT2D eigenvalue weighted by Gasteiger charge is 2.18. The molecule has 0 spiro atoms. The van der Waals surface area contributed by atoms with Crippen LogP contribution in [0.1, 0.15) is 39.9 Å². The zero-order valence-electron chi connectivity index (χ0n) is 19.6. The fraction of sp³-hybridized carbons (Fsp3) is 0.320. The van der Waals surface area contributed by atoms with Gasteiger partial charge >= 0.3 is 5.97 Å². The molecule has 0 aliphatic rings. The van der Waals surface area contributed by atoms with Gasteiger partial charge in [-0.05, 0) is 56.7 Å². The van der Waals surface area contributed by atoms with Crippen LogP contribution in [0.2, 0.25) is 0 Å². The van der Waals surface area contributed by atoms with E-state index in [0.29, 0.717) is 29.4 Å². The van der Waals surface area contributed by atoms with Gasteiger partial charge in [0.25, 0.3) is 5.91 Å². The van der Waals surface area contributed by atoms with Gasteiger partial charge in [0.1, 0.15) is 18.2 Å². The smallest absolute Gasteiger partial charge is 0.338 e. The number of rotatable bonds is 10. The maximum absolute atomic E-state index is 13.4. The molecule has 0 radical (unpaired) electrons. The fourth-order valence-electron chi connectivity index (χ4n) is 3.31. The predicted octanol–water partition coefficient (Wildman–Crippen LogP) is 4.22. The Balaban J connectivity index is 1.59. The van der Waals surface area contributed by atoms with Crippen LogP contribution < -0.4 is 9.47 Å². The summed E-state index contributed by atoms with van der Waals surface area (Å²) >= 11 is 0. The molecule has 1 amide bonds. The van der Waals surface area contributed by atoms with E-state index < -0.39 is 12.6 Å². The first-order valence-corrected chi connectivity index (χ1v) is 10.7. The molecule has 0 saturated heterocycles. The Labute approximate surface area is 197 Å². The Kier molecular flexibility index (Phi) is 8.24. The second-order valence-corrected chi connectivity index (χ2v) is 7.57. The number of amides is 1. The van der Waals surface area contributed by atoms with Gasteiger partial charge < -0.3 is 23.6 Å². The second kappa shape index (κ2) is 11.3. The lowest BCUT2D eigenvalue weighted by atomic mass is 10.2. The molecule has 0 saturated carbocycles. The summed E-state index contributed by atoms with van der Waals surface area (Å²) in [4.78, 5) is 26.5. The molecule has 0 aliphatic carbocycles. The molecular formula is C25H27FN2O6. The Bertz CT molecular complexity index is 1140. The molecular weight excluding hydrogens is 443 g/mol. The van der Waals surface area contributed by atoms with E-state index in [4.69, 9.17) is 18.7 Å². The van der Waals surface area contributed by atoms with Crippen molar-refractivity contribution < 1.29 is 32.7 Å². The molecule has 0 aliphatic heterocycles. The summed E-state index contributed by atoms with van der Waals surface area (Å²) in [6.07, 6.45) is 0. The lowest BCUT2D eigenvalue weighted by molar-refractivity contribution is -0.134. The zero-order chi connectivity index (χ0) is 24.7. The standard InChI is InChI=1S/C25H27FN2O6/c1-5-28(13-18-7-6-8-20(26)11-18)24(29)15-33-25(30)19-9-10-22(23(12-19)31-4)32-14-21-16(2)27-34-17(21)3/h6-12H,5,13-15H2,1-4H3. The van der Waals surface area contributed by atoms with Crippen molar-refractivity contribution in [3.05, 3.63) is 76.4 Å². The highest BCUT2D eigenvalue weighted by Crippen LogP contribution is 2.30. The summed E-state index contributed by atoms with van der Waals surface area (Å²) in [5, 5.41) is 3.89. The summed E-state index contributed by atoms with van der Waals surface area (Å²) in [7, 11) is 1.46. The third kappa shape index (κ3) is 6.12. The van der Waals surface area contributed by atoms with E-state index >= 15 is 0 Å². The van der Waals surface area contributed by atoms with Crippen LogP contribution in [0.5, 0.6) is 11.5 Å². The molecule has 8 nitrogen and oxygen atoms in total. The monoisotopic (exact) mass is 470 g/mol. The third-order valence-electron chi connectivity index (χ3n) is 5.28. The largest absolute Gasteiger partial charge is 0.493 e. The van der Waals surface area contributed by atoms with E-state index in [1.54, 1.807) is 32.0 Å². The van der Waals surface area contributed by atoms with E-state index in [-0.39, 0.29) is 30.4 Å². The quantitative estimate of drug-likeness (QED) is 0.410. The van der Waals surface area contributed by atoms with Gasteiger partial charge in [-0.2, -0.15) is 0 Å². The molecule has 180 valence electrons. The molecule has 0 fully saturated rings. The van der Waals surface area contributed by atoms with E-state index in [1.807, 2.05) is 6.92 Å². The number of methoxy groups -OCH3 is 1. The maximum Gasteiger partial charge on any atom is 0.338 e. The van der Waals surface area contributed by atoms with E-state index in [9.17, 15) is 14.0 Å². The van der Waals surface area contributed by atoms with Crippen LogP contribution in [0, 0.1) is 19.7 Å². The van der Waals surface area contributed by atoms with Gasteiger partial charge in [0.15, 0.2) is 18.1 Å². The normalized spacial score (nSPS) is 10.6. The van der Waals surface area contributed by atoms with E-state index in [0.717, 1.165) is 11.3 Å². The second-order valence-electron chi connectivity index (χ2n) is 7.57. The highest BCUT2D eigenvalue weighted by atomic mass is 19.1. The first-order valence-electron chi connectivity index (χ1n) is 10.7. The van der Waals surface area contributed by atoms with Crippen molar-refractivity contribution in [2.24, 2.45) is 0 Å². The number of hydrogen-bond donors (Lipinski definition) is 0. The number of esters is 1. The Morgan fingerprint density at radius 1 is 1.12 bits per heavy atom. The van der Waals surface area contributed by atoms with Crippen LogP contribution in [0.25, 0.3) is 0 Å². The van der Waals surface area contributed by atoms with Gasteiger partial charge in [-0.25, -0.2) is 9.18 Å². The van der Waals surface area contributed by atoms with Crippen LogP contribution in [-0.2, 0) is 22.7 Å². The molecule has 9 heteroatoms. The summed E-state index contributed by atoms with van der Waals surface area (Å²) < 4.78 is 34.9. The van der Waals surface area contributed by atoms with Crippen molar-refractivity contribution in [3.8, 4) is 11.5 Å². The number of hydrogen-bond acceptors (Lipinski definition) is 7. The van der Waals surface area contributed by atoms with Gasteiger partial charge in [-0.1, -0.05) is 17.3 Å². The predicted molar refractivity (Wildman–Crippen MR) is 121 cm³/mol. The van der Waals surface area contributed by atoms with Crippen molar-refractivity contribution >= 4 is 11.9 Å². The van der Waals surface area contributed by atoms with Gasteiger partial charge in [0, 0.05) is 13.1 Å². The van der Waals surface area contributed by atoms with Gasteiger partial charge in [0.05, 0.1) is 23.9 Å². The van der Waals surface area contributed by atoms with Crippen molar-refractivity contribution in [3.63, 3.8) is 0 Å². The number of carbonyl (C=O) groups is 2. The molecule has 2 aromatic carbocycles. The van der Waals surface area contributed by atoms with E-state index in [1.165, 1.54) is 36.3 Å². The van der Waals surface area contributed by atoms with Gasteiger partial charge in [-0.3, -0.25) is 4.79 Å². The topological polar surface area (TPSA) is 91.1 Å². The van der Waals surface area contributed by atoms with Crippen LogP contribution in [0.15, 0.2) is 47.0 Å². The number of aryl methyl sites for hydroxylation is 2. The van der Waals surface area contributed by atoms with Crippen LogP contribution >= 0.6 is 0 Å². The number of ether oxygens (including phenoxy) is 3. The number of carbonyl (C=O) groups excluding carboxylic acids is 2. The SMILES string of the molecule is CCN(Cc1cccc(F)c1)C(=O)COC(=O)c1ccc(OCc2c(C)noc2C)c(OC)c1. The van der Waals surface area contributed by atoms with Gasteiger partial charge in [0.2, 0.25) is 0 Å². The summed E-state index contributed by atoms with van der Waals surface area (Å²) in [6.45, 7) is 5.82. The molecule has 34 heavy (non-hydrogen) atoms. The lowest BCUT2D eigenvalue weighted by Gasteiger charge is -2.21. The molecule has 0 N–H and O–H groups in total. The molecule has 3 rings (SSSR count). The van der Waals surface area contributed by atoms with Crippen LogP contribution in [0.3, 0.4) is 0 Å². The van der Waals surface area contributed by atoms with Crippen molar-refractivity contribution in [1.29, 1.82) is 0 Å². The molecule has 0 unspecified atom stereocenters. The fourth-order valence-corrected chi connectivity index (χ4v) is 3.31. The first-order chi connectivity index (χ1) is 16.3. The molecule has 3 aromatic rings. The maximum atomic E-state index is 13.4. The lowest BCUT2D eigenvalue weighted by Crippen LogP contribution is -2.34.